The fourth-order valence-corrected chi connectivity index (χ4v) is 4.66. The van der Waals surface area contributed by atoms with Crippen molar-refractivity contribution in [2.75, 3.05) is 33.4 Å². The van der Waals surface area contributed by atoms with E-state index >= 15 is 0 Å². The largest absolute Gasteiger partial charge is 0.496 e. The van der Waals surface area contributed by atoms with Gasteiger partial charge in [-0.1, -0.05) is 41.4 Å². The van der Waals surface area contributed by atoms with Crippen LogP contribution in [0.3, 0.4) is 0 Å². The van der Waals surface area contributed by atoms with E-state index in [0.717, 1.165) is 60.5 Å². The molecule has 4 rings (SSSR count). The highest BCUT2D eigenvalue weighted by Gasteiger charge is 2.21. The van der Waals surface area contributed by atoms with Crippen LogP contribution >= 0.6 is 23.2 Å². The first kappa shape index (κ1) is 30.2. The monoisotopic (exact) mass is 568 g/mol. The van der Waals surface area contributed by atoms with E-state index in [0.29, 0.717) is 22.5 Å². The Bertz CT molecular complexity index is 1280. The van der Waals surface area contributed by atoms with Crippen LogP contribution in [0.25, 0.3) is 11.1 Å². The summed E-state index contributed by atoms with van der Waals surface area (Å²) in [7, 11) is 1.65. The lowest BCUT2D eigenvalue weighted by Gasteiger charge is -2.32. The van der Waals surface area contributed by atoms with Crippen LogP contribution in [0.5, 0.6) is 11.8 Å². The SMILES string of the molecule is C#CC.COc1cc(-c2cnc(OCC(=O)NCC3CCCN(Cc4ccc(Cl)c(Cl)c4)C3)nc2)ccc1C. The second-order valence-corrected chi connectivity index (χ2v) is 10.1. The molecule has 1 saturated heterocycles. The van der Waals surface area contributed by atoms with Crippen molar-refractivity contribution in [1.29, 1.82) is 0 Å². The van der Waals surface area contributed by atoms with Gasteiger partial charge in [0, 0.05) is 37.6 Å². The molecular formula is C30H34Cl2N4O3. The number of carbonyl (C=O) groups excluding carboxylic acids is 1. The number of nitrogens with one attached hydrogen (secondary N) is 1. The highest BCUT2D eigenvalue weighted by atomic mass is 35.5. The molecule has 0 bridgehead atoms. The maximum atomic E-state index is 12.3. The Hall–Kier alpha value is -3.31. The van der Waals surface area contributed by atoms with Gasteiger partial charge in [0.25, 0.3) is 5.91 Å². The Labute approximate surface area is 240 Å². The summed E-state index contributed by atoms with van der Waals surface area (Å²) in [6, 6.07) is 11.8. The average Bonchev–Trinajstić information content (AvgIpc) is 2.94. The molecule has 3 aromatic rings. The van der Waals surface area contributed by atoms with Crippen LogP contribution in [0.4, 0.5) is 0 Å². The van der Waals surface area contributed by atoms with Gasteiger partial charge in [-0.2, -0.15) is 0 Å². The number of piperidine rings is 1. The normalized spacial score (nSPS) is 14.9. The third-order valence-electron chi connectivity index (χ3n) is 6.28. The molecule has 206 valence electrons. The van der Waals surface area contributed by atoms with Crippen molar-refractivity contribution in [3.05, 3.63) is 70.0 Å². The van der Waals surface area contributed by atoms with Gasteiger partial charge in [0.2, 0.25) is 0 Å². The lowest BCUT2D eigenvalue weighted by atomic mass is 9.97. The molecule has 39 heavy (non-hydrogen) atoms. The zero-order valence-corrected chi connectivity index (χ0v) is 24.1. The van der Waals surface area contributed by atoms with Gasteiger partial charge in [0.05, 0.1) is 17.2 Å². The molecule has 7 nitrogen and oxygen atoms in total. The van der Waals surface area contributed by atoms with E-state index in [9.17, 15) is 4.79 Å². The van der Waals surface area contributed by atoms with Gasteiger partial charge < -0.3 is 14.8 Å². The Morgan fingerprint density at radius 3 is 2.59 bits per heavy atom. The van der Waals surface area contributed by atoms with Crippen LogP contribution in [0.1, 0.15) is 30.9 Å². The van der Waals surface area contributed by atoms with Gasteiger partial charge in [-0.05, 0) is 74.0 Å². The maximum absolute atomic E-state index is 12.3. The molecule has 0 radical (unpaired) electrons. The molecule has 9 heteroatoms. The highest BCUT2D eigenvalue weighted by molar-refractivity contribution is 6.42. The summed E-state index contributed by atoms with van der Waals surface area (Å²) < 4.78 is 10.9. The number of carbonyl (C=O) groups is 1. The number of hydrogen-bond acceptors (Lipinski definition) is 6. The van der Waals surface area contributed by atoms with Gasteiger partial charge in [-0.25, -0.2) is 9.97 Å². The quantitative estimate of drug-likeness (QED) is 0.328. The Kier molecular flexibility index (Phi) is 11.9. The Balaban J connectivity index is 0.00000134. The summed E-state index contributed by atoms with van der Waals surface area (Å²) in [6.45, 7) is 6.87. The molecule has 1 fully saturated rings. The van der Waals surface area contributed by atoms with Crippen molar-refractivity contribution < 1.29 is 14.3 Å². The predicted molar refractivity (Wildman–Crippen MR) is 156 cm³/mol. The first-order valence-corrected chi connectivity index (χ1v) is 13.5. The summed E-state index contributed by atoms with van der Waals surface area (Å²) in [5.74, 6) is 3.25. The number of terminal acetylenes is 1. The first-order chi connectivity index (χ1) is 18.8. The van der Waals surface area contributed by atoms with Gasteiger partial charge in [0.1, 0.15) is 5.75 Å². The van der Waals surface area contributed by atoms with E-state index in [-0.39, 0.29) is 18.5 Å². The number of aryl methyl sites for hydroxylation is 1. The second kappa shape index (κ2) is 15.3. The number of ether oxygens (including phenoxy) is 2. The molecule has 1 aromatic heterocycles. The number of halogens is 2. The van der Waals surface area contributed by atoms with Crippen LogP contribution in [-0.4, -0.2) is 54.1 Å². The summed E-state index contributed by atoms with van der Waals surface area (Å²) in [5, 5.41) is 4.12. The van der Waals surface area contributed by atoms with Crippen molar-refractivity contribution in [2.45, 2.75) is 33.2 Å². The smallest absolute Gasteiger partial charge is 0.316 e. The Morgan fingerprint density at radius 1 is 1.15 bits per heavy atom. The summed E-state index contributed by atoms with van der Waals surface area (Å²) in [5.41, 5.74) is 3.98. The minimum atomic E-state index is -0.187. The van der Waals surface area contributed by atoms with Crippen LogP contribution in [-0.2, 0) is 11.3 Å². The van der Waals surface area contributed by atoms with E-state index in [1.165, 1.54) is 0 Å². The third kappa shape index (κ3) is 9.43. The van der Waals surface area contributed by atoms with Crippen LogP contribution in [0.15, 0.2) is 48.8 Å². The number of rotatable bonds is 9. The number of likely N-dealkylation sites (tertiary alicyclic amines) is 1. The number of amides is 1. The van der Waals surface area contributed by atoms with Gasteiger partial charge >= 0.3 is 6.01 Å². The number of methoxy groups -OCH3 is 1. The molecule has 0 aliphatic carbocycles. The molecule has 2 heterocycles. The summed E-state index contributed by atoms with van der Waals surface area (Å²) in [6.07, 6.45) is 10.1. The van der Waals surface area contributed by atoms with E-state index < -0.39 is 0 Å². The molecule has 1 atom stereocenters. The molecular weight excluding hydrogens is 535 g/mol. The van der Waals surface area contributed by atoms with Gasteiger partial charge in [-0.15, -0.1) is 12.3 Å². The topological polar surface area (TPSA) is 76.6 Å². The zero-order valence-electron chi connectivity index (χ0n) is 22.5. The second-order valence-electron chi connectivity index (χ2n) is 9.31. The van der Waals surface area contributed by atoms with E-state index in [1.54, 1.807) is 26.4 Å². The third-order valence-corrected chi connectivity index (χ3v) is 7.02. The van der Waals surface area contributed by atoms with Crippen LogP contribution in [0.2, 0.25) is 10.0 Å². The van der Waals surface area contributed by atoms with Crippen molar-refractivity contribution in [1.82, 2.24) is 20.2 Å². The van der Waals surface area contributed by atoms with Gasteiger partial charge in [0.15, 0.2) is 6.61 Å². The molecule has 1 amide bonds. The summed E-state index contributed by atoms with van der Waals surface area (Å²) >= 11 is 12.2. The standard InChI is InChI=1S/C27H30Cl2N4O3.C3H4/c1-18-5-7-21(11-25(18)35-2)22-13-31-27(32-14-22)36-17-26(34)30-12-20-4-3-9-33(16-20)15-19-6-8-23(28)24(29)10-19;1-3-2/h5-8,10-11,13-14,20H,3-4,9,12,15-17H2,1-2H3,(H,30,34);1H,2H3. The van der Waals surface area contributed by atoms with Crippen molar-refractivity contribution in [3.63, 3.8) is 0 Å². The van der Waals surface area contributed by atoms with Crippen LogP contribution in [0, 0.1) is 25.2 Å². The maximum Gasteiger partial charge on any atom is 0.316 e. The predicted octanol–water partition coefficient (Wildman–Crippen LogP) is 5.81. The minimum Gasteiger partial charge on any atom is -0.496 e. The van der Waals surface area contributed by atoms with Gasteiger partial charge in [-0.3, -0.25) is 9.69 Å². The zero-order chi connectivity index (χ0) is 28.2. The lowest BCUT2D eigenvalue weighted by Crippen LogP contribution is -2.41. The van der Waals surface area contributed by atoms with Crippen LogP contribution < -0.4 is 14.8 Å². The molecule has 1 unspecified atom stereocenters. The average molecular weight is 570 g/mol. The highest BCUT2D eigenvalue weighted by Crippen LogP contribution is 2.27. The fourth-order valence-electron chi connectivity index (χ4n) is 4.34. The summed E-state index contributed by atoms with van der Waals surface area (Å²) in [4.78, 5) is 23.2. The minimum absolute atomic E-state index is 0.128. The number of aromatic nitrogens is 2. The van der Waals surface area contributed by atoms with Crippen molar-refractivity contribution >= 4 is 29.1 Å². The number of hydrogen-bond donors (Lipinski definition) is 1. The molecule has 0 saturated carbocycles. The molecule has 1 aliphatic rings. The van der Waals surface area contributed by atoms with Crippen molar-refractivity contribution in [3.8, 4) is 35.2 Å². The lowest BCUT2D eigenvalue weighted by molar-refractivity contribution is -0.123. The van der Waals surface area contributed by atoms with E-state index in [4.69, 9.17) is 32.7 Å². The first-order valence-electron chi connectivity index (χ1n) is 12.7. The van der Waals surface area contributed by atoms with E-state index in [2.05, 4.69) is 32.5 Å². The molecule has 0 spiro atoms. The molecule has 1 aliphatic heterocycles. The van der Waals surface area contributed by atoms with Crippen molar-refractivity contribution in [2.24, 2.45) is 5.92 Å². The molecule has 2 aromatic carbocycles. The fraction of sp³-hybridized carbons (Fsp3) is 0.367. The Morgan fingerprint density at radius 2 is 1.90 bits per heavy atom. The molecule has 1 N–H and O–H groups in total. The number of nitrogens with zero attached hydrogens (tertiary/aromatic N) is 3. The number of benzene rings is 2. The van der Waals surface area contributed by atoms with E-state index in [1.807, 2.05) is 43.3 Å².